The number of rotatable bonds is 4. The zero-order valence-electron chi connectivity index (χ0n) is 10.9. The molecule has 0 radical (unpaired) electrons. The lowest BCUT2D eigenvalue weighted by molar-refractivity contribution is 0.646. The third kappa shape index (κ3) is 2.37. The van der Waals surface area contributed by atoms with Gasteiger partial charge in [-0.15, -0.1) is 10.2 Å². The fourth-order valence-electron chi connectivity index (χ4n) is 1.99. The lowest BCUT2D eigenvalue weighted by Gasteiger charge is -2.06. The van der Waals surface area contributed by atoms with Crippen molar-refractivity contribution in [1.82, 2.24) is 34.5 Å². The number of aromatic nitrogens is 7. The van der Waals surface area contributed by atoms with Gasteiger partial charge in [-0.3, -0.25) is 14.6 Å². The van der Waals surface area contributed by atoms with Crippen molar-refractivity contribution >= 4 is 12.2 Å². The van der Waals surface area contributed by atoms with E-state index in [1.165, 1.54) is 0 Å². The summed E-state index contributed by atoms with van der Waals surface area (Å²) in [6, 6.07) is 3.83. The Labute approximate surface area is 120 Å². The molecule has 0 amide bonds. The van der Waals surface area contributed by atoms with E-state index in [4.69, 9.17) is 12.2 Å². The normalized spacial score (nSPS) is 10.8. The molecular formula is C12H13N7S. The maximum Gasteiger partial charge on any atom is 0.195 e. The van der Waals surface area contributed by atoms with Gasteiger partial charge in [0.15, 0.2) is 10.6 Å². The molecule has 20 heavy (non-hydrogen) atoms. The molecule has 0 aliphatic carbocycles. The van der Waals surface area contributed by atoms with Gasteiger partial charge in [-0.1, -0.05) is 0 Å². The lowest BCUT2D eigenvalue weighted by atomic mass is 10.2. The second kappa shape index (κ2) is 5.33. The molecule has 0 spiro atoms. The lowest BCUT2D eigenvalue weighted by Crippen LogP contribution is -2.07. The molecule has 3 aromatic heterocycles. The van der Waals surface area contributed by atoms with Crippen LogP contribution in [0.3, 0.4) is 0 Å². The third-order valence-corrected chi connectivity index (χ3v) is 3.35. The maximum atomic E-state index is 5.28. The van der Waals surface area contributed by atoms with E-state index in [9.17, 15) is 0 Å². The van der Waals surface area contributed by atoms with Gasteiger partial charge < -0.3 is 4.57 Å². The van der Waals surface area contributed by atoms with Crippen LogP contribution in [0.25, 0.3) is 11.4 Å². The van der Waals surface area contributed by atoms with Gasteiger partial charge in [-0.05, 0) is 24.4 Å². The fraction of sp³-hybridized carbons (Fsp3) is 0.250. The Morgan fingerprint density at radius 1 is 1.40 bits per heavy atom. The maximum absolute atomic E-state index is 5.28. The number of aryl methyl sites for hydroxylation is 2. The zero-order valence-corrected chi connectivity index (χ0v) is 11.7. The first-order valence-electron chi connectivity index (χ1n) is 6.14. The van der Waals surface area contributed by atoms with Crippen molar-refractivity contribution in [3.05, 3.63) is 41.4 Å². The number of aromatic amines is 1. The topological polar surface area (TPSA) is 77.2 Å². The smallest absolute Gasteiger partial charge is 0.195 e. The zero-order chi connectivity index (χ0) is 13.9. The monoisotopic (exact) mass is 287 g/mol. The first-order chi connectivity index (χ1) is 9.75. The van der Waals surface area contributed by atoms with E-state index in [2.05, 4.69) is 25.4 Å². The van der Waals surface area contributed by atoms with E-state index < -0.39 is 0 Å². The van der Waals surface area contributed by atoms with E-state index in [0.29, 0.717) is 11.3 Å². The number of nitrogens with zero attached hydrogens (tertiary/aromatic N) is 6. The molecule has 1 N–H and O–H groups in total. The Morgan fingerprint density at radius 2 is 2.30 bits per heavy atom. The van der Waals surface area contributed by atoms with Crippen LogP contribution in [0.4, 0.5) is 0 Å². The first kappa shape index (κ1) is 12.7. The summed E-state index contributed by atoms with van der Waals surface area (Å²) in [6.45, 7) is 0.687. The molecule has 0 bridgehead atoms. The summed E-state index contributed by atoms with van der Waals surface area (Å²) in [5, 5.41) is 15.0. The molecule has 3 heterocycles. The van der Waals surface area contributed by atoms with Crippen LogP contribution >= 0.6 is 12.2 Å². The summed E-state index contributed by atoms with van der Waals surface area (Å²) in [4.78, 5) is 4.11. The van der Waals surface area contributed by atoms with Gasteiger partial charge in [0.1, 0.15) is 12.2 Å². The molecule has 3 rings (SSSR count). The van der Waals surface area contributed by atoms with Crippen LogP contribution in [-0.4, -0.2) is 34.5 Å². The molecule has 0 aliphatic rings. The third-order valence-electron chi connectivity index (χ3n) is 3.04. The van der Waals surface area contributed by atoms with Crippen molar-refractivity contribution in [2.24, 2.45) is 7.05 Å². The van der Waals surface area contributed by atoms with Crippen molar-refractivity contribution in [2.75, 3.05) is 0 Å². The number of hydrogen-bond donors (Lipinski definition) is 1. The minimum absolute atomic E-state index is 0.589. The van der Waals surface area contributed by atoms with E-state index in [1.807, 2.05) is 28.3 Å². The molecule has 0 saturated carbocycles. The number of H-pyrrole nitrogens is 1. The average Bonchev–Trinajstić information content (AvgIpc) is 3.04. The quantitative estimate of drug-likeness (QED) is 0.733. The summed E-state index contributed by atoms with van der Waals surface area (Å²) in [7, 11) is 1.92. The summed E-state index contributed by atoms with van der Waals surface area (Å²) in [6.07, 6.45) is 5.92. The summed E-state index contributed by atoms with van der Waals surface area (Å²) in [5.74, 6) is 1.69. The van der Waals surface area contributed by atoms with Gasteiger partial charge in [-0.2, -0.15) is 5.10 Å². The van der Waals surface area contributed by atoms with Crippen molar-refractivity contribution in [3.8, 4) is 11.4 Å². The molecule has 102 valence electrons. The highest BCUT2D eigenvalue weighted by Gasteiger charge is 2.10. The Bertz CT molecular complexity index is 755. The van der Waals surface area contributed by atoms with Gasteiger partial charge in [0.05, 0.1) is 0 Å². The van der Waals surface area contributed by atoms with Gasteiger partial charge in [0.25, 0.3) is 0 Å². The molecule has 0 atom stereocenters. The van der Waals surface area contributed by atoms with E-state index in [1.54, 1.807) is 18.7 Å². The van der Waals surface area contributed by atoms with Crippen LogP contribution in [0.1, 0.15) is 5.82 Å². The van der Waals surface area contributed by atoms with Crippen LogP contribution in [0.15, 0.2) is 30.9 Å². The Balaban J connectivity index is 1.89. The van der Waals surface area contributed by atoms with E-state index in [-0.39, 0.29) is 0 Å². The Kier molecular flexibility index (Phi) is 3.38. The number of pyridine rings is 1. The molecular weight excluding hydrogens is 274 g/mol. The highest BCUT2D eigenvalue weighted by molar-refractivity contribution is 7.71. The predicted molar refractivity (Wildman–Crippen MR) is 75.3 cm³/mol. The first-order valence-corrected chi connectivity index (χ1v) is 6.55. The Morgan fingerprint density at radius 3 is 3.00 bits per heavy atom. The second-order valence-electron chi connectivity index (χ2n) is 4.35. The van der Waals surface area contributed by atoms with Crippen molar-refractivity contribution < 1.29 is 0 Å². The molecule has 0 saturated heterocycles. The standard InChI is InChI=1S/C12H13N7S/c1-18-8-14-15-10(18)4-6-19-11(16-17-12(19)20)9-3-2-5-13-7-9/h2-3,5,7-8H,4,6H2,1H3,(H,17,20). The number of hydrogen-bond acceptors (Lipinski definition) is 5. The van der Waals surface area contributed by atoms with Gasteiger partial charge in [0, 0.05) is 38.0 Å². The summed E-state index contributed by atoms with van der Waals surface area (Å²) >= 11 is 5.28. The molecule has 0 aliphatic heterocycles. The van der Waals surface area contributed by atoms with Crippen molar-refractivity contribution in [3.63, 3.8) is 0 Å². The fourth-order valence-corrected chi connectivity index (χ4v) is 2.21. The van der Waals surface area contributed by atoms with Crippen molar-refractivity contribution in [2.45, 2.75) is 13.0 Å². The highest BCUT2D eigenvalue weighted by atomic mass is 32.1. The SMILES string of the molecule is Cn1cnnc1CCn1c(-c2cccnc2)n[nH]c1=S. The summed E-state index contributed by atoms with van der Waals surface area (Å²) in [5.41, 5.74) is 0.929. The second-order valence-corrected chi connectivity index (χ2v) is 4.74. The van der Waals surface area contributed by atoms with Crippen molar-refractivity contribution in [1.29, 1.82) is 0 Å². The largest absolute Gasteiger partial charge is 0.321 e. The minimum Gasteiger partial charge on any atom is -0.321 e. The molecule has 8 heteroatoms. The molecule has 7 nitrogen and oxygen atoms in total. The molecule has 3 aromatic rings. The molecule has 0 fully saturated rings. The average molecular weight is 287 g/mol. The minimum atomic E-state index is 0.589. The predicted octanol–water partition coefficient (Wildman–Crippen LogP) is 1.37. The van der Waals surface area contributed by atoms with Gasteiger partial charge >= 0.3 is 0 Å². The van der Waals surface area contributed by atoms with Crippen LogP contribution in [0, 0.1) is 4.77 Å². The molecule has 0 aromatic carbocycles. The van der Waals surface area contributed by atoms with Gasteiger partial charge in [0.2, 0.25) is 0 Å². The number of nitrogens with one attached hydrogen (secondary N) is 1. The van der Waals surface area contributed by atoms with Gasteiger partial charge in [-0.25, -0.2) is 0 Å². The van der Waals surface area contributed by atoms with Crippen LogP contribution in [-0.2, 0) is 20.0 Å². The van der Waals surface area contributed by atoms with Crippen LogP contribution in [0.5, 0.6) is 0 Å². The highest BCUT2D eigenvalue weighted by Crippen LogP contribution is 2.15. The summed E-state index contributed by atoms with van der Waals surface area (Å²) < 4.78 is 4.43. The van der Waals surface area contributed by atoms with E-state index >= 15 is 0 Å². The van der Waals surface area contributed by atoms with Crippen LogP contribution in [0.2, 0.25) is 0 Å². The van der Waals surface area contributed by atoms with Crippen LogP contribution < -0.4 is 0 Å². The molecule has 0 unspecified atom stereocenters. The Hall–Kier alpha value is -2.35. The van der Waals surface area contributed by atoms with E-state index in [0.717, 1.165) is 23.6 Å².